The summed E-state index contributed by atoms with van der Waals surface area (Å²) in [6.45, 7) is 0.0900. The van der Waals surface area contributed by atoms with Gasteiger partial charge in [-0.1, -0.05) is 72.8 Å². The third kappa shape index (κ3) is 5.96. The van der Waals surface area contributed by atoms with Gasteiger partial charge in [0.1, 0.15) is 12.6 Å². The van der Waals surface area contributed by atoms with Crippen LogP contribution in [0, 0.1) is 0 Å². The van der Waals surface area contributed by atoms with E-state index in [0.29, 0.717) is 6.42 Å². The van der Waals surface area contributed by atoms with E-state index in [-0.39, 0.29) is 6.61 Å². The molecule has 1 amide bonds. The highest BCUT2D eigenvalue weighted by Crippen LogP contribution is 2.03. The highest BCUT2D eigenvalue weighted by Gasteiger charge is 2.17. The zero-order valence-electron chi connectivity index (χ0n) is 13.1. The number of carboxylic acid groups (broad SMARTS) is 1. The molecule has 5 heteroatoms. The second-order valence-corrected chi connectivity index (χ2v) is 5.14. The molecule has 2 aromatic carbocycles. The number of hydrogen-bond acceptors (Lipinski definition) is 3. The molecular formula is C19H19NO4. The maximum Gasteiger partial charge on any atom is 0.408 e. The Morgan fingerprint density at radius 2 is 1.58 bits per heavy atom. The van der Waals surface area contributed by atoms with Gasteiger partial charge in [-0.05, 0) is 17.5 Å². The number of alkyl carbamates (subject to hydrolysis) is 1. The van der Waals surface area contributed by atoms with Crippen molar-refractivity contribution in [3.63, 3.8) is 0 Å². The van der Waals surface area contributed by atoms with E-state index < -0.39 is 18.1 Å². The van der Waals surface area contributed by atoms with Crippen molar-refractivity contribution in [3.8, 4) is 0 Å². The molecule has 0 aliphatic carbocycles. The molecular weight excluding hydrogens is 306 g/mol. The molecule has 0 aliphatic rings. The van der Waals surface area contributed by atoms with Crippen LogP contribution in [0.25, 0.3) is 0 Å². The van der Waals surface area contributed by atoms with Gasteiger partial charge in [0.05, 0.1) is 0 Å². The van der Waals surface area contributed by atoms with E-state index in [1.54, 1.807) is 6.08 Å². The van der Waals surface area contributed by atoms with Crippen LogP contribution >= 0.6 is 0 Å². The van der Waals surface area contributed by atoms with Crippen molar-refractivity contribution in [2.75, 3.05) is 0 Å². The molecule has 2 N–H and O–H groups in total. The van der Waals surface area contributed by atoms with E-state index in [4.69, 9.17) is 4.74 Å². The molecule has 124 valence electrons. The second kappa shape index (κ2) is 9.15. The lowest BCUT2D eigenvalue weighted by atomic mass is 10.1. The van der Waals surface area contributed by atoms with Crippen LogP contribution in [-0.2, 0) is 22.6 Å². The van der Waals surface area contributed by atoms with E-state index in [2.05, 4.69) is 5.32 Å². The lowest BCUT2D eigenvalue weighted by Gasteiger charge is -2.11. The van der Waals surface area contributed by atoms with Gasteiger partial charge in [-0.3, -0.25) is 0 Å². The lowest BCUT2D eigenvalue weighted by Crippen LogP contribution is -2.39. The monoisotopic (exact) mass is 325 g/mol. The number of amides is 1. The Hall–Kier alpha value is -3.08. The van der Waals surface area contributed by atoms with Gasteiger partial charge in [0.2, 0.25) is 0 Å². The first-order valence-corrected chi connectivity index (χ1v) is 7.56. The van der Waals surface area contributed by atoms with Gasteiger partial charge in [0.15, 0.2) is 0 Å². The molecule has 0 saturated heterocycles. The average molecular weight is 325 g/mol. The van der Waals surface area contributed by atoms with Gasteiger partial charge in [-0.15, -0.1) is 0 Å². The maximum atomic E-state index is 11.7. The summed E-state index contributed by atoms with van der Waals surface area (Å²) in [6.07, 6.45) is 2.98. The molecule has 0 aliphatic heterocycles. The fraction of sp³-hybridized carbons (Fsp3) is 0.158. The fourth-order valence-electron chi connectivity index (χ4n) is 2.04. The number of benzene rings is 2. The van der Waals surface area contributed by atoms with Gasteiger partial charge >= 0.3 is 12.1 Å². The molecule has 0 spiro atoms. The first kappa shape index (κ1) is 17.3. The van der Waals surface area contributed by atoms with Crippen molar-refractivity contribution in [1.82, 2.24) is 5.32 Å². The van der Waals surface area contributed by atoms with Crippen LogP contribution in [0.5, 0.6) is 0 Å². The number of allylic oxidation sites excluding steroid dienone is 1. The number of hydrogen-bond donors (Lipinski definition) is 2. The quantitative estimate of drug-likeness (QED) is 0.767. The minimum atomic E-state index is -1.14. The maximum absolute atomic E-state index is 11.7. The molecule has 2 rings (SSSR count). The zero-order chi connectivity index (χ0) is 17.2. The SMILES string of the molecule is O=C(N[C@@H](/C=C/Cc1ccccc1)C(=O)O)OCc1ccccc1. The van der Waals surface area contributed by atoms with E-state index in [0.717, 1.165) is 11.1 Å². The van der Waals surface area contributed by atoms with E-state index in [1.165, 1.54) is 6.08 Å². The molecule has 5 nitrogen and oxygen atoms in total. The third-order valence-electron chi connectivity index (χ3n) is 3.28. The van der Waals surface area contributed by atoms with Crippen LogP contribution in [0.2, 0.25) is 0 Å². The Bertz CT molecular complexity index is 683. The number of carboxylic acids is 1. The van der Waals surface area contributed by atoms with Crippen molar-refractivity contribution in [1.29, 1.82) is 0 Å². The number of nitrogens with one attached hydrogen (secondary N) is 1. The minimum Gasteiger partial charge on any atom is -0.479 e. The summed E-state index contributed by atoms with van der Waals surface area (Å²) in [5.74, 6) is -1.14. The van der Waals surface area contributed by atoms with Gasteiger partial charge in [-0.2, -0.15) is 0 Å². The normalized spacial score (nSPS) is 11.8. The smallest absolute Gasteiger partial charge is 0.408 e. The van der Waals surface area contributed by atoms with Gasteiger partial charge in [0.25, 0.3) is 0 Å². The van der Waals surface area contributed by atoms with Gasteiger partial charge in [0, 0.05) is 0 Å². The Morgan fingerprint density at radius 1 is 1.00 bits per heavy atom. The number of rotatable bonds is 7. The Morgan fingerprint density at radius 3 is 2.17 bits per heavy atom. The van der Waals surface area contributed by atoms with E-state index in [9.17, 15) is 14.7 Å². The molecule has 24 heavy (non-hydrogen) atoms. The highest BCUT2D eigenvalue weighted by atomic mass is 16.5. The topological polar surface area (TPSA) is 75.6 Å². The van der Waals surface area contributed by atoms with Crippen LogP contribution in [0.1, 0.15) is 11.1 Å². The molecule has 0 unspecified atom stereocenters. The van der Waals surface area contributed by atoms with Gasteiger partial charge < -0.3 is 15.2 Å². The summed E-state index contributed by atoms with van der Waals surface area (Å²) < 4.78 is 5.03. The first-order valence-electron chi connectivity index (χ1n) is 7.56. The summed E-state index contributed by atoms with van der Waals surface area (Å²) in [5, 5.41) is 11.5. The Labute approximate surface area is 140 Å². The van der Waals surface area contributed by atoms with Gasteiger partial charge in [-0.25, -0.2) is 9.59 Å². The molecule has 0 saturated carbocycles. The fourth-order valence-corrected chi connectivity index (χ4v) is 2.04. The number of ether oxygens (including phenoxy) is 1. The largest absolute Gasteiger partial charge is 0.479 e. The third-order valence-corrected chi connectivity index (χ3v) is 3.28. The highest BCUT2D eigenvalue weighted by molar-refractivity contribution is 5.81. The van der Waals surface area contributed by atoms with Crippen molar-refractivity contribution >= 4 is 12.1 Å². The molecule has 1 atom stereocenters. The van der Waals surface area contributed by atoms with Crippen molar-refractivity contribution in [2.24, 2.45) is 0 Å². The molecule has 0 radical (unpaired) electrons. The van der Waals surface area contributed by atoms with E-state index in [1.807, 2.05) is 60.7 Å². The average Bonchev–Trinajstić information content (AvgIpc) is 2.61. The molecule has 0 aromatic heterocycles. The van der Waals surface area contributed by atoms with Crippen molar-refractivity contribution < 1.29 is 19.4 Å². The van der Waals surface area contributed by atoms with Crippen molar-refractivity contribution in [2.45, 2.75) is 19.1 Å². The van der Waals surface area contributed by atoms with Crippen LogP contribution in [0.4, 0.5) is 4.79 Å². The predicted octanol–water partition coefficient (Wildman–Crippen LogP) is 3.16. The predicted molar refractivity (Wildman–Crippen MR) is 90.5 cm³/mol. The first-order chi connectivity index (χ1) is 11.6. The van der Waals surface area contributed by atoms with Crippen molar-refractivity contribution in [3.05, 3.63) is 83.9 Å². The Kier molecular flexibility index (Phi) is 6.58. The summed E-state index contributed by atoms with van der Waals surface area (Å²) in [7, 11) is 0. The number of carbonyl (C=O) groups is 2. The molecule has 0 fully saturated rings. The zero-order valence-corrected chi connectivity index (χ0v) is 13.1. The second-order valence-electron chi connectivity index (χ2n) is 5.14. The summed E-state index contributed by atoms with van der Waals surface area (Å²) >= 11 is 0. The van der Waals surface area contributed by atoms with Crippen LogP contribution in [0.3, 0.4) is 0 Å². The molecule has 2 aromatic rings. The van der Waals surface area contributed by atoms with Crippen LogP contribution in [-0.4, -0.2) is 23.2 Å². The lowest BCUT2D eigenvalue weighted by molar-refractivity contribution is -0.138. The molecule has 0 heterocycles. The number of carbonyl (C=O) groups excluding carboxylic acids is 1. The van der Waals surface area contributed by atoms with Crippen LogP contribution < -0.4 is 5.32 Å². The molecule has 0 bridgehead atoms. The summed E-state index contributed by atoms with van der Waals surface area (Å²) in [5.41, 5.74) is 1.89. The van der Waals surface area contributed by atoms with E-state index >= 15 is 0 Å². The summed E-state index contributed by atoms with van der Waals surface area (Å²) in [6, 6.07) is 17.7. The Balaban J connectivity index is 1.83. The number of aliphatic carboxylic acids is 1. The summed E-state index contributed by atoms with van der Waals surface area (Å²) in [4.78, 5) is 23.0. The standard InChI is InChI=1S/C19H19NO4/c21-18(22)17(13-7-12-15-8-3-1-4-9-15)20-19(23)24-14-16-10-5-2-6-11-16/h1-11,13,17H,12,14H2,(H,20,23)(H,21,22)/b13-7+/t17-/m0/s1. The minimum absolute atomic E-state index is 0.0900. The van der Waals surface area contributed by atoms with Crippen LogP contribution in [0.15, 0.2) is 72.8 Å².